The standard InChI is InChI=1S/C19H19N5O3/c1-11-5-13(12-6-15(26-3)18(27-4)20-7-12)22-14-8-24(19(25)17(11)14)16-9-23(2)10-21-16/h5-10,25H,1-4H3. The number of nitrogens with zero attached hydrogens (tertiary/aromatic N) is 5. The summed E-state index contributed by atoms with van der Waals surface area (Å²) >= 11 is 0. The molecule has 4 aromatic heterocycles. The number of ether oxygens (including phenoxy) is 2. The highest BCUT2D eigenvalue weighted by Gasteiger charge is 2.17. The van der Waals surface area contributed by atoms with Crippen LogP contribution in [0.1, 0.15) is 5.56 Å². The van der Waals surface area contributed by atoms with Gasteiger partial charge in [0.1, 0.15) is 0 Å². The lowest BCUT2D eigenvalue weighted by Gasteiger charge is -2.09. The normalized spacial score (nSPS) is 11.1. The molecule has 0 spiro atoms. The van der Waals surface area contributed by atoms with Gasteiger partial charge in [0.15, 0.2) is 11.6 Å². The Morgan fingerprint density at radius 3 is 2.56 bits per heavy atom. The molecule has 0 saturated heterocycles. The molecule has 4 aromatic rings. The fourth-order valence-corrected chi connectivity index (χ4v) is 3.10. The second kappa shape index (κ2) is 6.31. The van der Waals surface area contributed by atoms with Crippen LogP contribution in [0.4, 0.5) is 0 Å². The lowest BCUT2D eigenvalue weighted by atomic mass is 10.1. The van der Waals surface area contributed by atoms with E-state index in [9.17, 15) is 5.11 Å². The summed E-state index contributed by atoms with van der Waals surface area (Å²) in [5, 5.41) is 11.4. The van der Waals surface area contributed by atoms with Crippen LogP contribution in [0.5, 0.6) is 17.5 Å². The topological polar surface area (TPSA) is 87.2 Å². The predicted molar refractivity (Wildman–Crippen MR) is 101 cm³/mol. The van der Waals surface area contributed by atoms with Crippen LogP contribution in [0, 0.1) is 6.92 Å². The number of imidazole rings is 1. The van der Waals surface area contributed by atoms with Crippen LogP contribution in [0.3, 0.4) is 0 Å². The van der Waals surface area contributed by atoms with Gasteiger partial charge < -0.3 is 19.1 Å². The van der Waals surface area contributed by atoms with Gasteiger partial charge in [0.2, 0.25) is 5.88 Å². The Labute approximate surface area is 155 Å². The molecule has 0 bridgehead atoms. The molecule has 0 aliphatic rings. The van der Waals surface area contributed by atoms with Crippen LogP contribution >= 0.6 is 0 Å². The Kier molecular flexibility index (Phi) is 3.95. The molecule has 8 heteroatoms. The first-order chi connectivity index (χ1) is 13.0. The van der Waals surface area contributed by atoms with Crippen molar-refractivity contribution in [2.24, 2.45) is 7.05 Å². The van der Waals surface area contributed by atoms with Crippen LogP contribution in [0.2, 0.25) is 0 Å². The van der Waals surface area contributed by atoms with Gasteiger partial charge in [-0.2, -0.15) is 0 Å². The minimum absolute atomic E-state index is 0.116. The Morgan fingerprint density at radius 2 is 1.89 bits per heavy atom. The molecule has 0 aliphatic carbocycles. The Balaban J connectivity index is 1.87. The van der Waals surface area contributed by atoms with Gasteiger partial charge in [-0.1, -0.05) is 0 Å². The van der Waals surface area contributed by atoms with E-state index >= 15 is 0 Å². The Hall–Kier alpha value is -3.55. The lowest BCUT2D eigenvalue weighted by Crippen LogP contribution is -1.95. The van der Waals surface area contributed by atoms with E-state index in [2.05, 4.69) is 9.97 Å². The van der Waals surface area contributed by atoms with E-state index in [1.165, 1.54) is 0 Å². The largest absolute Gasteiger partial charge is 0.494 e. The third-order valence-corrected chi connectivity index (χ3v) is 4.41. The van der Waals surface area contributed by atoms with Gasteiger partial charge in [0.05, 0.1) is 37.1 Å². The zero-order valence-corrected chi connectivity index (χ0v) is 15.5. The predicted octanol–water partition coefficient (Wildman–Crippen LogP) is 2.85. The molecule has 0 saturated carbocycles. The quantitative estimate of drug-likeness (QED) is 0.598. The van der Waals surface area contributed by atoms with Gasteiger partial charge in [-0.15, -0.1) is 0 Å². The zero-order chi connectivity index (χ0) is 19.1. The highest BCUT2D eigenvalue weighted by Crippen LogP contribution is 2.35. The number of aromatic hydroxyl groups is 1. The summed E-state index contributed by atoms with van der Waals surface area (Å²) in [5.74, 6) is 1.69. The van der Waals surface area contributed by atoms with Gasteiger partial charge >= 0.3 is 0 Å². The van der Waals surface area contributed by atoms with Gasteiger partial charge in [-0.05, 0) is 24.6 Å². The highest BCUT2D eigenvalue weighted by atomic mass is 16.5. The molecule has 4 heterocycles. The molecule has 0 amide bonds. The number of pyridine rings is 2. The highest BCUT2D eigenvalue weighted by molar-refractivity contribution is 5.90. The molecular formula is C19H19N5O3. The summed E-state index contributed by atoms with van der Waals surface area (Å²) in [5.41, 5.74) is 3.09. The molecular weight excluding hydrogens is 346 g/mol. The molecule has 0 unspecified atom stereocenters. The van der Waals surface area contributed by atoms with E-state index in [0.717, 1.165) is 16.8 Å². The van der Waals surface area contributed by atoms with E-state index in [4.69, 9.17) is 14.5 Å². The minimum atomic E-state index is 0.116. The summed E-state index contributed by atoms with van der Waals surface area (Å²) in [4.78, 5) is 13.3. The first-order valence-corrected chi connectivity index (χ1v) is 8.30. The van der Waals surface area contributed by atoms with Crippen LogP contribution in [0.25, 0.3) is 28.0 Å². The number of methoxy groups -OCH3 is 2. The van der Waals surface area contributed by atoms with Crippen molar-refractivity contribution >= 4 is 10.9 Å². The average Bonchev–Trinajstić information content (AvgIpc) is 3.24. The molecule has 27 heavy (non-hydrogen) atoms. The monoisotopic (exact) mass is 365 g/mol. The fraction of sp³-hybridized carbons (Fsp3) is 0.211. The second-order valence-corrected chi connectivity index (χ2v) is 6.24. The van der Waals surface area contributed by atoms with Crippen molar-refractivity contribution in [3.8, 4) is 34.6 Å². The average molecular weight is 365 g/mol. The van der Waals surface area contributed by atoms with E-state index in [0.29, 0.717) is 28.4 Å². The summed E-state index contributed by atoms with van der Waals surface area (Å²) in [6, 6.07) is 3.74. The van der Waals surface area contributed by atoms with Crippen molar-refractivity contribution in [2.75, 3.05) is 14.2 Å². The maximum Gasteiger partial charge on any atom is 0.256 e. The van der Waals surface area contributed by atoms with Crippen LogP contribution in [0.15, 0.2) is 37.1 Å². The van der Waals surface area contributed by atoms with Crippen molar-refractivity contribution < 1.29 is 14.6 Å². The van der Waals surface area contributed by atoms with E-state index in [1.807, 2.05) is 36.9 Å². The molecule has 0 atom stereocenters. The van der Waals surface area contributed by atoms with Crippen LogP contribution in [-0.4, -0.2) is 43.4 Å². The second-order valence-electron chi connectivity index (χ2n) is 6.24. The van der Waals surface area contributed by atoms with Gasteiger partial charge in [0.25, 0.3) is 5.88 Å². The molecule has 8 nitrogen and oxygen atoms in total. The van der Waals surface area contributed by atoms with Crippen molar-refractivity contribution in [3.05, 3.63) is 42.6 Å². The lowest BCUT2D eigenvalue weighted by molar-refractivity contribution is 0.343. The maximum absolute atomic E-state index is 10.7. The van der Waals surface area contributed by atoms with E-state index in [1.54, 1.807) is 37.5 Å². The van der Waals surface area contributed by atoms with E-state index in [-0.39, 0.29) is 5.88 Å². The molecule has 0 fully saturated rings. The number of hydrogen-bond donors (Lipinski definition) is 1. The summed E-state index contributed by atoms with van der Waals surface area (Å²) in [6.45, 7) is 1.93. The Morgan fingerprint density at radius 1 is 1.07 bits per heavy atom. The molecule has 0 aliphatic heterocycles. The van der Waals surface area contributed by atoms with E-state index < -0.39 is 0 Å². The van der Waals surface area contributed by atoms with Gasteiger partial charge in [-0.25, -0.2) is 15.0 Å². The Bertz CT molecular complexity index is 1150. The fourth-order valence-electron chi connectivity index (χ4n) is 3.10. The van der Waals surface area contributed by atoms with Crippen molar-refractivity contribution in [3.63, 3.8) is 0 Å². The number of aryl methyl sites for hydroxylation is 2. The summed E-state index contributed by atoms with van der Waals surface area (Å²) in [7, 11) is 4.99. The van der Waals surface area contributed by atoms with Crippen LogP contribution < -0.4 is 9.47 Å². The molecule has 138 valence electrons. The van der Waals surface area contributed by atoms with Crippen molar-refractivity contribution in [1.82, 2.24) is 24.1 Å². The maximum atomic E-state index is 10.7. The third-order valence-electron chi connectivity index (χ3n) is 4.41. The first-order valence-electron chi connectivity index (χ1n) is 8.30. The summed E-state index contributed by atoms with van der Waals surface area (Å²) in [6.07, 6.45) is 6.97. The minimum Gasteiger partial charge on any atom is -0.494 e. The van der Waals surface area contributed by atoms with Crippen molar-refractivity contribution in [1.29, 1.82) is 0 Å². The SMILES string of the molecule is COc1cc(-c2cc(C)c3c(O)n(-c4cn(C)cn4)cc3n2)cnc1OC. The molecule has 0 radical (unpaired) electrons. The molecule has 1 N–H and O–H groups in total. The van der Waals surface area contributed by atoms with Crippen LogP contribution in [-0.2, 0) is 7.05 Å². The van der Waals surface area contributed by atoms with Crippen molar-refractivity contribution in [2.45, 2.75) is 6.92 Å². The number of hydrogen-bond acceptors (Lipinski definition) is 6. The number of rotatable bonds is 4. The third kappa shape index (κ3) is 2.75. The smallest absolute Gasteiger partial charge is 0.256 e. The number of aromatic nitrogens is 5. The molecule has 4 rings (SSSR count). The number of fused-ring (bicyclic) bond motifs is 1. The molecule has 0 aromatic carbocycles. The van der Waals surface area contributed by atoms with Gasteiger partial charge in [-0.3, -0.25) is 4.57 Å². The first kappa shape index (κ1) is 16.9. The zero-order valence-electron chi connectivity index (χ0n) is 15.5. The summed E-state index contributed by atoms with van der Waals surface area (Å²) < 4.78 is 14.0. The van der Waals surface area contributed by atoms with Gasteiger partial charge in [0, 0.05) is 31.2 Å².